The lowest BCUT2D eigenvalue weighted by Gasteiger charge is -2.19. The SMILES string of the molecule is C=CCCCCCCCC(O)C1C[C@H](O)[C@H](CCCCC)O1. The minimum atomic E-state index is -0.418. The zero-order chi connectivity index (χ0) is 16.2. The van der Waals surface area contributed by atoms with Crippen LogP contribution in [0.15, 0.2) is 12.7 Å². The van der Waals surface area contributed by atoms with Crippen LogP contribution >= 0.6 is 0 Å². The van der Waals surface area contributed by atoms with Gasteiger partial charge in [-0.05, 0) is 25.7 Å². The van der Waals surface area contributed by atoms with E-state index in [0.717, 1.165) is 32.1 Å². The molecule has 1 saturated heterocycles. The van der Waals surface area contributed by atoms with E-state index in [0.29, 0.717) is 6.42 Å². The minimum Gasteiger partial charge on any atom is -0.390 e. The Balaban J connectivity index is 2.10. The summed E-state index contributed by atoms with van der Waals surface area (Å²) in [6.07, 6.45) is 13.7. The van der Waals surface area contributed by atoms with Gasteiger partial charge in [-0.3, -0.25) is 0 Å². The van der Waals surface area contributed by atoms with Gasteiger partial charge in [-0.2, -0.15) is 0 Å². The summed E-state index contributed by atoms with van der Waals surface area (Å²) >= 11 is 0. The fourth-order valence-corrected chi connectivity index (χ4v) is 3.22. The molecular weight excluding hydrogens is 276 g/mol. The van der Waals surface area contributed by atoms with Gasteiger partial charge < -0.3 is 14.9 Å². The number of rotatable bonds is 13. The average molecular weight is 312 g/mol. The van der Waals surface area contributed by atoms with Crippen molar-refractivity contribution in [3.63, 3.8) is 0 Å². The molecule has 0 aromatic carbocycles. The van der Waals surface area contributed by atoms with E-state index in [2.05, 4.69) is 13.5 Å². The quantitative estimate of drug-likeness (QED) is 0.392. The van der Waals surface area contributed by atoms with Crippen LogP contribution in [0.3, 0.4) is 0 Å². The first-order chi connectivity index (χ1) is 10.7. The van der Waals surface area contributed by atoms with Gasteiger partial charge in [-0.1, -0.05) is 57.9 Å². The van der Waals surface area contributed by atoms with Crippen LogP contribution in [0.4, 0.5) is 0 Å². The molecule has 0 aromatic rings. The van der Waals surface area contributed by atoms with Crippen LogP contribution in [0.2, 0.25) is 0 Å². The third-order valence-corrected chi connectivity index (χ3v) is 4.68. The van der Waals surface area contributed by atoms with E-state index < -0.39 is 12.2 Å². The van der Waals surface area contributed by atoms with E-state index in [-0.39, 0.29) is 12.2 Å². The molecule has 2 unspecified atom stereocenters. The van der Waals surface area contributed by atoms with Crippen LogP contribution in [0.5, 0.6) is 0 Å². The zero-order valence-corrected chi connectivity index (χ0v) is 14.4. The molecular formula is C19H36O3. The third-order valence-electron chi connectivity index (χ3n) is 4.68. The van der Waals surface area contributed by atoms with Gasteiger partial charge in [0.1, 0.15) is 0 Å². The van der Waals surface area contributed by atoms with Crippen molar-refractivity contribution in [2.45, 2.75) is 108 Å². The summed E-state index contributed by atoms with van der Waals surface area (Å²) in [6, 6.07) is 0. The van der Waals surface area contributed by atoms with Gasteiger partial charge in [0.15, 0.2) is 0 Å². The zero-order valence-electron chi connectivity index (χ0n) is 14.4. The van der Waals surface area contributed by atoms with Gasteiger partial charge in [0.05, 0.1) is 24.4 Å². The molecule has 0 amide bonds. The highest BCUT2D eigenvalue weighted by molar-refractivity contribution is 4.85. The summed E-state index contributed by atoms with van der Waals surface area (Å²) in [5.74, 6) is 0. The smallest absolute Gasteiger partial charge is 0.0864 e. The molecule has 0 bridgehead atoms. The first-order valence-corrected chi connectivity index (χ1v) is 9.31. The van der Waals surface area contributed by atoms with Gasteiger partial charge in [0, 0.05) is 6.42 Å². The summed E-state index contributed by atoms with van der Waals surface area (Å²) in [5, 5.41) is 20.3. The standard InChI is InChI=1S/C19H36O3/c1-3-5-7-8-9-10-12-13-16(20)19-15-17(21)18(22-19)14-11-6-4-2/h3,16-21H,1,4-15H2,2H3/t16?,17-,18-,19?/m0/s1. The maximum absolute atomic E-state index is 10.2. The number of hydrogen-bond acceptors (Lipinski definition) is 3. The fourth-order valence-electron chi connectivity index (χ4n) is 3.22. The van der Waals surface area contributed by atoms with Gasteiger partial charge >= 0.3 is 0 Å². The molecule has 22 heavy (non-hydrogen) atoms. The second kappa shape index (κ2) is 12.1. The van der Waals surface area contributed by atoms with Gasteiger partial charge in [0.2, 0.25) is 0 Å². The molecule has 0 aromatic heterocycles. The Kier molecular flexibility index (Phi) is 10.8. The van der Waals surface area contributed by atoms with Crippen LogP contribution in [0.1, 0.15) is 84.0 Å². The number of aliphatic hydroxyl groups is 2. The second-order valence-corrected chi connectivity index (χ2v) is 6.71. The molecule has 4 atom stereocenters. The van der Waals surface area contributed by atoms with Crippen LogP contribution in [-0.2, 0) is 4.74 Å². The fraction of sp³-hybridized carbons (Fsp3) is 0.895. The van der Waals surface area contributed by atoms with E-state index >= 15 is 0 Å². The molecule has 1 fully saturated rings. The van der Waals surface area contributed by atoms with Crippen molar-refractivity contribution >= 4 is 0 Å². The van der Waals surface area contributed by atoms with E-state index in [1.54, 1.807) is 0 Å². The van der Waals surface area contributed by atoms with Gasteiger partial charge in [-0.25, -0.2) is 0 Å². The number of unbranched alkanes of at least 4 members (excludes halogenated alkanes) is 7. The van der Waals surface area contributed by atoms with E-state index in [1.807, 2.05) is 6.08 Å². The molecule has 3 nitrogen and oxygen atoms in total. The molecule has 2 N–H and O–H groups in total. The van der Waals surface area contributed by atoms with E-state index in [4.69, 9.17) is 4.74 Å². The summed E-state index contributed by atoms with van der Waals surface area (Å²) < 4.78 is 5.88. The van der Waals surface area contributed by atoms with Crippen molar-refractivity contribution in [3.8, 4) is 0 Å². The highest BCUT2D eigenvalue weighted by atomic mass is 16.5. The number of ether oxygens (including phenoxy) is 1. The topological polar surface area (TPSA) is 49.7 Å². The minimum absolute atomic E-state index is 0.0647. The molecule has 1 rings (SSSR count). The molecule has 0 spiro atoms. The van der Waals surface area contributed by atoms with Gasteiger partial charge in [-0.15, -0.1) is 6.58 Å². The Labute approximate surface area is 136 Å². The first kappa shape index (κ1) is 19.7. The maximum Gasteiger partial charge on any atom is 0.0864 e. The summed E-state index contributed by atoms with van der Waals surface area (Å²) in [5.41, 5.74) is 0. The van der Waals surface area contributed by atoms with E-state index in [9.17, 15) is 10.2 Å². The Morgan fingerprint density at radius 1 is 1.14 bits per heavy atom. The van der Waals surface area contributed by atoms with Crippen molar-refractivity contribution in [2.24, 2.45) is 0 Å². The summed E-state index contributed by atoms with van der Waals surface area (Å²) in [7, 11) is 0. The molecule has 1 aliphatic heterocycles. The van der Waals surface area contributed by atoms with Crippen LogP contribution in [-0.4, -0.2) is 34.6 Å². The Morgan fingerprint density at radius 2 is 1.86 bits per heavy atom. The molecule has 0 aliphatic carbocycles. The largest absolute Gasteiger partial charge is 0.390 e. The summed E-state index contributed by atoms with van der Waals surface area (Å²) in [6.45, 7) is 5.91. The lowest BCUT2D eigenvalue weighted by atomic mass is 10.0. The highest BCUT2D eigenvalue weighted by Gasteiger charge is 2.36. The van der Waals surface area contributed by atoms with Gasteiger partial charge in [0.25, 0.3) is 0 Å². The van der Waals surface area contributed by atoms with Crippen LogP contribution in [0, 0.1) is 0 Å². The third kappa shape index (κ3) is 7.75. The molecule has 130 valence electrons. The molecule has 0 radical (unpaired) electrons. The number of hydrogen-bond donors (Lipinski definition) is 2. The summed E-state index contributed by atoms with van der Waals surface area (Å²) in [4.78, 5) is 0. The lowest BCUT2D eigenvalue weighted by Crippen LogP contribution is -2.26. The lowest BCUT2D eigenvalue weighted by molar-refractivity contribution is -0.0498. The van der Waals surface area contributed by atoms with Crippen LogP contribution < -0.4 is 0 Å². The van der Waals surface area contributed by atoms with Crippen molar-refractivity contribution in [3.05, 3.63) is 12.7 Å². The van der Waals surface area contributed by atoms with Crippen LogP contribution in [0.25, 0.3) is 0 Å². The first-order valence-electron chi connectivity index (χ1n) is 9.31. The maximum atomic E-state index is 10.2. The molecule has 1 heterocycles. The van der Waals surface area contributed by atoms with Crippen molar-refractivity contribution in [1.82, 2.24) is 0 Å². The predicted molar refractivity (Wildman–Crippen MR) is 91.9 cm³/mol. The Hall–Kier alpha value is -0.380. The van der Waals surface area contributed by atoms with Crippen molar-refractivity contribution in [2.75, 3.05) is 0 Å². The molecule has 0 saturated carbocycles. The van der Waals surface area contributed by atoms with E-state index in [1.165, 1.54) is 38.5 Å². The van der Waals surface area contributed by atoms with Crippen molar-refractivity contribution in [1.29, 1.82) is 0 Å². The Bertz CT molecular complexity index is 280. The Morgan fingerprint density at radius 3 is 2.59 bits per heavy atom. The molecule has 3 heteroatoms. The second-order valence-electron chi connectivity index (χ2n) is 6.71. The number of allylic oxidation sites excluding steroid dienone is 1. The monoisotopic (exact) mass is 312 g/mol. The highest BCUT2D eigenvalue weighted by Crippen LogP contribution is 2.28. The van der Waals surface area contributed by atoms with Crippen molar-refractivity contribution < 1.29 is 14.9 Å². The predicted octanol–water partition coefficient (Wildman–Crippen LogP) is 4.36. The number of aliphatic hydroxyl groups excluding tert-OH is 2. The molecule has 1 aliphatic rings. The average Bonchev–Trinajstić information content (AvgIpc) is 2.88. The normalized spacial score (nSPS) is 26.2.